The molecule has 2 amide bonds. The van der Waals surface area contributed by atoms with E-state index in [1.165, 1.54) is 36.1 Å². The van der Waals surface area contributed by atoms with Crippen LogP contribution in [-0.2, 0) is 9.59 Å². The largest absolute Gasteiger partial charge is 0.435 e. The van der Waals surface area contributed by atoms with Crippen molar-refractivity contribution in [3.8, 4) is 5.75 Å². The van der Waals surface area contributed by atoms with Crippen LogP contribution in [0.5, 0.6) is 5.75 Å². The highest BCUT2D eigenvalue weighted by atomic mass is 19.3. The van der Waals surface area contributed by atoms with Crippen LogP contribution in [0.3, 0.4) is 0 Å². The van der Waals surface area contributed by atoms with Crippen molar-refractivity contribution in [1.82, 2.24) is 4.90 Å². The Balaban J connectivity index is 1.72. The van der Waals surface area contributed by atoms with Gasteiger partial charge in [0.15, 0.2) is 0 Å². The molecule has 140 valence electrons. The van der Waals surface area contributed by atoms with Crippen LogP contribution >= 0.6 is 0 Å². The van der Waals surface area contributed by atoms with Crippen LogP contribution < -0.4 is 10.1 Å². The van der Waals surface area contributed by atoms with E-state index in [0.717, 1.165) is 11.1 Å². The van der Waals surface area contributed by atoms with E-state index in [1.54, 1.807) is 6.20 Å². The van der Waals surface area contributed by atoms with Gasteiger partial charge in [-0.15, -0.1) is 0 Å². The molecular weight excluding hydrogens is 354 g/mol. The molecule has 0 spiro atoms. The Hall–Kier alpha value is -3.22. The average molecular weight is 372 g/mol. The number of anilines is 1. The minimum atomic E-state index is -2.90. The predicted molar refractivity (Wildman–Crippen MR) is 97.1 cm³/mol. The fourth-order valence-electron chi connectivity index (χ4n) is 3.02. The highest BCUT2D eigenvalue weighted by Gasteiger charge is 2.28. The number of amides is 2. The number of halogens is 2. The van der Waals surface area contributed by atoms with E-state index in [2.05, 4.69) is 10.1 Å². The Morgan fingerprint density at radius 2 is 1.85 bits per heavy atom. The fraction of sp³-hybridized carbons (Fsp3) is 0.200. The molecule has 0 aliphatic carbocycles. The van der Waals surface area contributed by atoms with E-state index in [4.69, 9.17) is 0 Å². The van der Waals surface area contributed by atoms with Crippen molar-refractivity contribution in [2.75, 3.05) is 5.32 Å². The Labute approximate surface area is 155 Å². The van der Waals surface area contributed by atoms with Gasteiger partial charge < -0.3 is 15.0 Å². The van der Waals surface area contributed by atoms with Gasteiger partial charge in [-0.3, -0.25) is 9.59 Å². The highest BCUT2D eigenvalue weighted by molar-refractivity contribution is 5.92. The maximum Gasteiger partial charge on any atom is 0.387 e. The molecule has 0 saturated carbocycles. The summed E-state index contributed by atoms with van der Waals surface area (Å²) < 4.78 is 28.6. The number of hydrogen-bond acceptors (Lipinski definition) is 3. The molecule has 2 aromatic carbocycles. The molecule has 1 aliphatic heterocycles. The topological polar surface area (TPSA) is 58.6 Å². The van der Waals surface area contributed by atoms with Gasteiger partial charge in [0, 0.05) is 18.8 Å². The van der Waals surface area contributed by atoms with Gasteiger partial charge in [0.1, 0.15) is 5.75 Å². The molecule has 1 aliphatic rings. The Morgan fingerprint density at radius 1 is 1.15 bits per heavy atom. The van der Waals surface area contributed by atoms with Crippen molar-refractivity contribution in [3.05, 3.63) is 65.9 Å². The zero-order valence-corrected chi connectivity index (χ0v) is 14.6. The number of benzene rings is 2. The standard InChI is InChI=1S/C20H18F2N2O3/c1-13(25)24-11-10-14-4-2-3-5-17(14)18(24)12-19(26)23-15-6-8-16(9-7-15)27-20(21)22/h2-11,18,20H,12H2,1H3,(H,23,26). The number of hydrogen-bond donors (Lipinski definition) is 1. The van der Waals surface area contributed by atoms with Crippen LogP contribution in [0.1, 0.15) is 30.5 Å². The monoisotopic (exact) mass is 372 g/mol. The summed E-state index contributed by atoms with van der Waals surface area (Å²) >= 11 is 0. The summed E-state index contributed by atoms with van der Waals surface area (Å²) in [4.78, 5) is 26.0. The first-order valence-corrected chi connectivity index (χ1v) is 8.35. The molecule has 2 aromatic rings. The molecule has 1 N–H and O–H groups in total. The Kier molecular flexibility index (Phi) is 5.49. The predicted octanol–water partition coefficient (Wildman–Crippen LogP) is 4.19. The molecule has 27 heavy (non-hydrogen) atoms. The molecular formula is C20H18F2N2O3. The zero-order valence-electron chi connectivity index (χ0n) is 14.6. The van der Waals surface area contributed by atoms with Crippen LogP contribution in [0, 0.1) is 0 Å². The smallest absolute Gasteiger partial charge is 0.387 e. The van der Waals surface area contributed by atoms with E-state index in [1.807, 2.05) is 30.3 Å². The number of ether oxygens (including phenoxy) is 1. The molecule has 3 rings (SSSR count). The van der Waals surface area contributed by atoms with Crippen molar-refractivity contribution in [2.45, 2.75) is 26.0 Å². The van der Waals surface area contributed by atoms with Gasteiger partial charge in [0.25, 0.3) is 0 Å². The first-order valence-electron chi connectivity index (χ1n) is 8.35. The Morgan fingerprint density at radius 3 is 2.52 bits per heavy atom. The molecule has 5 nitrogen and oxygen atoms in total. The molecule has 0 fully saturated rings. The second kappa shape index (κ2) is 7.99. The molecule has 7 heteroatoms. The summed E-state index contributed by atoms with van der Waals surface area (Å²) in [5.74, 6) is -0.442. The van der Waals surface area contributed by atoms with Crippen molar-refractivity contribution in [1.29, 1.82) is 0 Å². The third-order valence-electron chi connectivity index (χ3n) is 4.21. The molecule has 0 aromatic heterocycles. The van der Waals surface area contributed by atoms with Crippen molar-refractivity contribution < 1.29 is 23.1 Å². The van der Waals surface area contributed by atoms with Gasteiger partial charge in [-0.2, -0.15) is 8.78 Å². The third-order valence-corrected chi connectivity index (χ3v) is 4.21. The molecule has 0 saturated heterocycles. The molecule has 0 radical (unpaired) electrons. The number of fused-ring (bicyclic) bond motifs is 1. The number of carbonyl (C=O) groups excluding carboxylic acids is 2. The fourth-order valence-corrected chi connectivity index (χ4v) is 3.02. The minimum absolute atomic E-state index is 0.0112. The average Bonchev–Trinajstić information content (AvgIpc) is 2.63. The van der Waals surface area contributed by atoms with Gasteiger partial charge in [-0.1, -0.05) is 24.3 Å². The summed E-state index contributed by atoms with van der Waals surface area (Å²) in [7, 11) is 0. The summed E-state index contributed by atoms with van der Waals surface area (Å²) in [6.45, 7) is -1.45. The molecule has 1 unspecified atom stereocenters. The van der Waals surface area contributed by atoms with Crippen LogP contribution in [0.4, 0.5) is 14.5 Å². The van der Waals surface area contributed by atoms with Crippen LogP contribution in [0.15, 0.2) is 54.7 Å². The number of nitrogens with one attached hydrogen (secondary N) is 1. The maximum atomic E-state index is 12.5. The summed E-state index contributed by atoms with van der Waals surface area (Å²) in [5, 5.41) is 2.72. The van der Waals surface area contributed by atoms with E-state index in [9.17, 15) is 18.4 Å². The zero-order chi connectivity index (χ0) is 19.4. The summed E-state index contributed by atoms with van der Waals surface area (Å²) in [5.41, 5.74) is 2.31. The SMILES string of the molecule is CC(=O)N1C=Cc2ccccc2C1CC(=O)Nc1ccc(OC(F)F)cc1. The maximum absolute atomic E-state index is 12.5. The molecule has 1 atom stereocenters. The summed E-state index contributed by atoms with van der Waals surface area (Å²) in [6.07, 6.45) is 3.59. The number of rotatable bonds is 5. The lowest BCUT2D eigenvalue weighted by atomic mass is 9.93. The number of alkyl halides is 2. The minimum Gasteiger partial charge on any atom is -0.435 e. The third kappa shape index (κ3) is 4.49. The normalized spacial score (nSPS) is 15.4. The summed E-state index contributed by atoms with van der Waals surface area (Å²) in [6, 6.07) is 12.8. The molecule has 0 bridgehead atoms. The van der Waals surface area contributed by atoms with Crippen LogP contribution in [0.25, 0.3) is 6.08 Å². The van der Waals surface area contributed by atoms with Crippen molar-refractivity contribution >= 4 is 23.6 Å². The highest BCUT2D eigenvalue weighted by Crippen LogP contribution is 2.33. The van der Waals surface area contributed by atoms with E-state index >= 15 is 0 Å². The lowest BCUT2D eigenvalue weighted by Gasteiger charge is -2.32. The van der Waals surface area contributed by atoms with Gasteiger partial charge in [-0.05, 0) is 41.5 Å². The Bertz CT molecular complexity index is 866. The van der Waals surface area contributed by atoms with E-state index in [-0.39, 0.29) is 24.0 Å². The first-order chi connectivity index (χ1) is 12.9. The van der Waals surface area contributed by atoms with Crippen molar-refractivity contribution in [3.63, 3.8) is 0 Å². The number of carbonyl (C=O) groups is 2. The van der Waals surface area contributed by atoms with Gasteiger partial charge in [0.2, 0.25) is 11.8 Å². The lowest BCUT2D eigenvalue weighted by Crippen LogP contribution is -2.33. The van der Waals surface area contributed by atoms with Crippen molar-refractivity contribution in [2.24, 2.45) is 0 Å². The second-order valence-electron chi connectivity index (χ2n) is 6.04. The number of nitrogens with zero attached hydrogens (tertiary/aromatic N) is 1. The lowest BCUT2D eigenvalue weighted by molar-refractivity contribution is -0.129. The van der Waals surface area contributed by atoms with Gasteiger partial charge >= 0.3 is 6.61 Å². The van der Waals surface area contributed by atoms with Gasteiger partial charge in [-0.25, -0.2) is 0 Å². The van der Waals surface area contributed by atoms with Gasteiger partial charge in [0.05, 0.1) is 12.5 Å². The quantitative estimate of drug-likeness (QED) is 0.856. The van der Waals surface area contributed by atoms with E-state index in [0.29, 0.717) is 5.69 Å². The second-order valence-corrected chi connectivity index (χ2v) is 6.04. The molecule has 1 heterocycles. The van der Waals surface area contributed by atoms with Crippen LogP contribution in [-0.4, -0.2) is 23.3 Å². The van der Waals surface area contributed by atoms with Crippen LogP contribution in [0.2, 0.25) is 0 Å². The first kappa shape index (κ1) is 18.6. The van der Waals surface area contributed by atoms with E-state index < -0.39 is 12.7 Å².